The highest BCUT2D eigenvalue weighted by molar-refractivity contribution is 5.98. The van der Waals surface area contributed by atoms with E-state index in [2.05, 4.69) is 10.6 Å². The first-order valence-corrected chi connectivity index (χ1v) is 9.25. The number of carbonyl (C=O) groups excluding carboxylic acids is 2. The summed E-state index contributed by atoms with van der Waals surface area (Å²) in [6.45, 7) is 7.09. The van der Waals surface area contributed by atoms with E-state index < -0.39 is 24.0 Å². The van der Waals surface area contributed by atoms with E-state index in [1.807, 2.05) is 13.8 Å². The highest BCUT2D eigenvalue weighted by Crippen LogP contribution is 2.22. The second-order valence-corrected chi connectivity index (χ2v) is 7.09. The van der Waals surface area contributed by atoms with Crippen molar-refractivity contribution in [2.75, 3.05) is 0 Å². The van der Waals surface area contributed by atoms with E-state index in [-0.39, 0.29) is 5.82 Å². The molecule has 2 aromatic carbocycles. The Morgan fingerprint density at radius 3 is 2.29 bits per heavy atom. The number of carbonyl (C=O) groups is 2. The molecule has 5 nitrogen and oxygen atoms in total. The number of benzene rings is 2. The molecular weight excluding hydrogens is 359 g/mol. The molecule has 0 unspecified atom stereocenters. The van der Waals surface area contributed by atoms with Crippen molar-refractivity contribution in [3.63, 3.8) is 0 Å². The molecule has 0 bridgehead atoms. The minimum absolute atomic E-state index is 0.310. The van der Waals surface area contributed by atoms with Gasteiger partial charge in [-0.3, -0.25) is 9.59 Å². The highest BCUT2D eigenvalue weighted by atomic mass is 19.1. The van der Waals surface area contributed by atoms with E-state index in [0.29, 0.717) is 29.0 Å². The number of rotatable bonds is 8. The van der Waals surface area contributed by atoms with Crippen LogP contribution in [0.4, 0.5) is 4.39 Å². The zero-order valence-electron chi connectivity index (χ0n) is 16.3. The molecule has 0 aromatic heterocycles. The van der Waals surface area contributed by atoms with Gasteiger partial charge in [-0.2, -0.15) is 0 Å². The Hall–Kier alpha value is -2.73. The van der Waals surface area contributed by atoms with Gasteiger partial charge in [0, 0.05) is 17.7 Å². The van der Waals surface area contributed by atoms with Crippen LogP contribution in [0.5, 0.6) is 0 Å². The van der Waals surface area contributed by atoms with Gasteiger partial charge in [-0.25, -0.2) is 4.39 Å². The van der Waals surface area contributed by atoms with E-state index in [1.165, 1.54) is 13.0 Å². The molecule has 0 heterocycles. The van der Waals surface area contributed by atoms with Crippen molar-refractivity contribution in [3.05, 3.63) is 66.5 Å². The topological polar surface area (TPSA) is 78.4 Å². The fourth-order valence-corrected chi connectivity index (χ4v) is 2.61. The van der Waals surface area contributed by atoms with Crippen molar-refractivity contribution >= 4 is 11.8 Å². The predicted octanol–water partition coefficient (Wildman–Crippen LogP) is 3.30. The summed E-state index contributed by atoms with van der Waals surface area (Å²) in [5, 5.41) is 15.0. The van der Waals surface area contributed by atoms with Crippen molar-refractivity contribution in [1.29, 1.82) is 0 Å². The van der Waals surface area contributed by atoms with Gasteiger partial charge in [0.15, 0.2) is 0 Å². The normalized spacial score (nSPS) is 13.1. The third-order valence-corrected chi connectivity index (χ3v) is 4.22. The molecule has 1 radical (unpaired) electrons. The van der Waals surface area contributed by atoms with Crippen molar-refractivity contribution in [2.45, 2.75) is 39.3 Å². The zero-order chi connectivity index (χ0) is 20.7. The smallest absolute Gasteiger partial charge is 0.252 e. The molecule has 2 rings (SSSR count). The molecule has 3 N–H and O–H groups in total. The monoisotopic (exact) mass is 385 g/mol. The Kier molecular flexibility index (Phi) is 7.70. The molecule has 2 aromatic rings. The molecule has 28 heavy (non-hydrogen) atoms. The summed E-state index contributed by atoms with van der Waals surface area (Å²) in [5.41, 5.74) is 1.39. The Balaban J connectivity index is 2.05. The molecule has 0 saturated heterocycles. The third kappa shape index (κ3) is 5.89. The standard InChI is InChI=1S/C22H26FN2O3/c1-14(2)12-13-24-22(28)20(15(3)26)25-21(27)17-10-8-16(9-11-17)18-6-4-5-7-19(18)23/h4-11,13-15,20,26H,12H2,1-3H3,(H,24,28)(H,25,27)/t15-,20+/m1/s1. The lowest BCUT2D eigenvalue weighted by atomic mass is 10.0. The summed E-state index contributed by atoms with van der Waals surface area (Å²) in [6.07, 6.45) is -0.377. The number of aliphatic hydroxyl groups excluding tert-OH is 1. The zero-order valence-corrected chi connectivity index (χ0v) is 16.3. The fraction of sp³-hybridized carbons (Fsp3) is 0.318. The second kappa shape index (κ2) is 9.99. The molecule has 0 aliphatic heterocycles. The number of amides is 2. The van der Waals surface area contributed by atoms with Gasteiger partial charge in [-0.1, -0.05) is 44.2 Å². The number of halogens is 1. The summed E-state index contributed by atoms with van der Waals surface area (Å²) >= 11 is 0. The summed E-state index contributed by atoms with van der Waals surface area (Å²) in [6, 6.07) is 11.7. The van der Waals surface area contributed by atoms with Gasteiger partial charge >= 0.3 is 0 Å². The Labute approximate surface area is 165 Å². The minimum Gasteiger partial charge on any atom is -0.391 e. The maximum Gasteiger partial charge on any atom is 0.252 e. The van der Waals surface area contributed by atoms with Crippen LogP contribution < -0.4 is 10.6 Å². The van der Waals surface area contributed by atoms with E-state index in [4.69, 9.17) is 0 Å². The van der Waals surface area contributed by atoms with Crippen LogP contribution in [0.15, 0.2) is 48.5 Å². The van der Waals surface area contributed by atoms with E-state index in [9.17, 15) is 19.1 Å². The van der Waals surface area contributed by atoms with Crippen LogP contribution in [0.3, 0.4) is 0 Å². The van der Waals surface area contributed by atoms with Gasteiger partial charge in [0.2, 0.25) is 5.91 Å². The first-order valence-electron chi connectivity index (χ1n) is 9.25. The predicted molar refractivity (Wildman–Crippen MR) is 107 cm³/mol. The lowest BCUT2D eigenvalue weighted by Crippen LogP contribution is -2.52. The van der Waals surface area contributed by atoms with Crippen LogP contribution in [-0.2, 0) is 4.79 Å². The molecule has 2 amide bonds. The summed E-state index contributed by atoms with van der Waals surface area (Å²) in [5.74, 6) is -0.937. The van der Waals surface area contributed by atoms with E-state index in [1.54, 1.807) is 49.0 Å². The van der Waals surface area contributed by atoms with Gasteiger partial charge < -0.3 is 15.7 Å². The molecular formula is C22H26FN2O3. The van der Waals surface area contributed by atoms with Crippen LogP contribution in [0, 0.1) is 18.3 Å². The van der Waals surface area contributed by atoms with Gasteiger partial charge in [-0.15, -0.1) is 0 Å². The molecule has 0 aliphatic carbocycles. The minimum atomic E-state index is -1.08. The molecule has 0 saturated carbocycles. The molecule has 0 aliphatic rings. The number of nitrogens with one attached hydrogen (secondary N) is 2. The maximum atomic E-state index is 13.9. The van der Waals surface area contributed by atoms with Crippen LogP contribution >= 0.6 is 0 Å². The summed E-state index contributed by atoms with van der Waals surface area (Å²) < 4.78 is 13.9. The van der Waals surface area contributed by atoms with Gasteiger partial charge in [-0.05, 0) is 43.0 Å². The Bertz CT molecular complexity index is 804. The van der Waals surface area contributed by atoms with Crippen molar-refractivity contribution in [1.82, 2.24) is 10.6 Å². The van der Waals surface area contributed by atoms with Crippen LogP contribution in [0.25, 0.3) is 11.1 Å². The van der Waals surface area contributed by atoms with Gasteiger partial charge in [0.1, 0.15) is 11.9 Å². The molecule has 149 valence electrons. The van der Waals surface area contributed by atoms with Gasteiger partial charge in [0.25, 0.3) is 5.91 Å². The quantitative estimate of drug-likeness (QED) is 0.652. The molecule has 6 heteroatoms. The number of hydrogen-bond acceptors (Lipinski definition) is 3. The second-order valence-electron chi connectivity index (χ2n) is 7.09. The van der Waals surface area contributed by atoms with E-state index >= 15 is 0 Å². The van der Waals surface area contributed by atoms with Crippen LogP contribution in [0.2, 0.25) is 0 Å². The Morgan fingerprint density at radius 1 is 1.07 bits per heavy atom. The number of aliphatic hydroxyl groups is 1. The van der Waals surface area contributed by atoms with E-state index in [0.717, 1.165) is 0 Å². The molecule has 0 fully saturated rings. The first kappa shape index (κ1) is 21.6. The Morgan fingerprint density at radius 2 is 1.71 bits per heavy atom. The van der Waals surface area contributed by atoms with Crippen molar-refractivity contribution in [3.8, 4) is 11.1 Å². The molecule has 2 atom stereocenters. The summed E-state index contributed by atoms with van der Waals surface area (Å²) in [7, 11) is 0. The summed E-state index contributed by atoms with van der Waals surface area (Å²) in [4.78, 5) is 24.7. The SMILES string of the molecule is CC(C)C[CH]NC(=O)[C@@H](NC(=O)c1ccc(-c2ccccc2F)cc1)[C@@H](C)O. The fourth-order valence-electron chi connectivity index (χ4n) is 2.61. The lowest BCUT2D eigenvalue weighted by molar-refractivity contribution is -0.124. The average molecular weight is 385 g/mol. The third-order valence-electron chi connectivity index (χ3n) is 4.22. The number of hydrogen-bond donors (Lipinski definition) is 3. The maximum absolute atomic E-state index is 13.9. The van der Waals surface area contributed by atoms with Crippen molar-refractivity contribution < 1.29 is 19.1 Å². The lowest BCUT2D eigenvalue weighted by Gasteiger charge is -2.21. The first-order chi connectivity index (χ1) is 13.3. The highest BCUT2D eigenvalue weighted by Gasteiger charge is 2.26. The largest absolute Gasteiger partial charge is 0.391 e. The average Bonchev–Trinajstić information content (AvgIpc) is 2.65. The molecule has 0 spiro atoms. The van der Waals surface area contributed by atoms with Crippen molar-refractivity contribution in [2.24, 2.45) is 5.92 Å². The van der Waals surface area contributed by atoms with Crippen LogP contribution in [0.1, 0.15) is 37.6 Å². The van der Waals surface area contributed by atoms with Crippen LogP contribution in [-0.4, -0.2) is 29.1 Å². The van der Waals surface area contributed by atoms with Gasteiger partial charge in [0.05, 0.1) is 6.10 Å².